The quantitative estimate of drug-likeness (QED) is 0.647. The number of hydrogen-bond donors (Lipinski definition) is 2. The molecule has 0 aliphatic heterocycles. The highest BCUT2D eigenvalue weighted by atomic mass is 16.3. The van der Waals surface area contributed by atoms with Gasteiger partial charge in [0.2, 0.25) is 5.91 Å². The van der Waals surface area contributed by atoms with Crippen molar-refractivity contribution in [2.24, 2.45) is 0 Å². The molecule has 0 unspecified atom stereocenters. The highest BCUT2D eigenvalue weighted by molar-refractivity contribution is 5.98. The minimum atomic E-state index is -0.670. The van der Waals surface area contributed by atoms with E-state index in [0.29, 0.717) is 6.54 Å². The SMILES string of the molecule is CCCCn1c(N)c(N(C)C(=O)Cc2coc3cc4c(cc23)CCC4)c(=O)[nH]c1=O. The minimum absolute atomic E-state index is 0.00270. The Bertz CT molecular complexity index is 1230. The summed E-state index contributed by atoms with van der Waals surface area (Å²) in [7, 11) is 1.50. The van der Waals surface area contributed by atoms with Gasteiger partial charge in [0, 0.05) is 24.5 Å². The summed E-state index contributed by atoms with van der Waals surface area (Å²) in [5.74, 6) is -0.306. The Balaban J connectivity index is 1.64. The Morgan fingerprint density at radius 1 is 1.27 bits per heavy atom. The van der Waals surface area contributed by atoms with Crippen LogP contribution in [0.3, 0.4) is 0 Å². The Hall–Kier alpha value is -3.29. The van der Waals surface area contributed by atoms with Gasteiger partial charge in [0.25, 0.3) is 5.56 Å². The second kappa shape index (κ2) is 7.85. The molecule has 0 spiro atoms. The molecule has 4 rings (SSSR count). The van der Waals surface area contributed by atoms with Crippen molar-refractivity contribution in [3.8, 4) is 0 Å². The lowest BCUT2D eigenvalue weighted by Gasteiger charge is -2.20. The van der Waals surface area contributed by atoms with Crippen LogP contribution >= 0.6 is 0 Å². The number of rotatable bonds is 6. The van der Waals surface area contributed by atoms with Crippen LogP contribution in [0.1, 0.15) is 42.9 Å². The number of nitrogens with one attached hydrogen (secondary N) is 1. The van der Waals surface area contributed by atoms with Gasteiger partial charge in [0.05, 0.1) is 12.7 Å². The summed E-state index contributed by atoms with van der Waals surface area (Å²) in [5, 5.41) is 0.923. The van der Waals surface area contributed by atoms with Gasteiger partial charge in [-0.05, 0) is 48.9 Å². The molecule has 30 heavy (non-hydrogen) atoms. The maximum absolute atomic E-state index is 13.0. The first-order chi connectivity index (χ1) is 14.4. The van der Waals surface area contributed by atoms with Crippen molar-refractivity contribution in [1.82, 2.24) is 9.55 Å². The average molecular weight is 410 g/mol. The van der Waals surface area contributed by atoms with E-state index in [1.807, 2.05) is 6.92 Å². The third-order valence-electron chi connectivity index (χ3n) is 5.87. The molecule has 8 nitrogen and oxygen atoms in total. The zero-order valence-corrected chi connectivity index (χ0v) is 17.3. The highest BCUT2D eigenvalue weighted by Crippen LogP contribution is 2.31. The molecule has 0 saturated heterocycles. The van der Waals surface area contributed by atoms with Crippen LogP contribution < -0.4 is 21.9 Å². The highest BCUT2D eigenvalue weighted by Gasteiger charge is 2.23. The Kier molecular flexibility index (Phi) is 5.24. The molecule has 3 N–H and O–H groups in total. The lowest BCUT2D eigenvalue weighted by molar-refractivity contribution is -0.117. The fourth-order valence-corrected chi connectivity index (χ4v) is 4.13. The van der Waals surface area contributed by atoms with Crippen molar-refractivity contribution in [1.29, 1.82) is 0 Å². The molecule has 1 aliphatic rings. The Morgan fingerprint density at radius 2 is 2.00 bits per heavy atom. The fraction of sp³-hybridized carbons (Fsp3) is 0.409. The van der Waals surface area contributed by atoms with Crippen LogP contribution in [-0.2, 0) is 30.6 Å². The lowest BCUT2D eigenvalue weighted by Crippen LogP contribution is -2.39. The molecule has 1 amide bonds. The summed E-state index contributed by atoms with van der Waals surface area (Å²) < 4.78 is 6.98. The zero-order chi connectivity index (χ0) is 21.4. The molecule has 1 aromatic carbocycles. The fourth-order valence-electron chi connectivity index (χ4n) is 4.13. The van der Waals surface area contributed by atoms with Gasteiger partial charge in [-0.15, -0.1) is 0 Å². The van der Waals surface area contributed by atoms with E-state index < -0.39 is 11.2 Å². The zero-order valence-electron chi connectivity index (χ0n) is 17.3. The smallest absolute Gasteiger partial charge is 0.330 e. The molecule has 1 aliphatic carbocycles. The van der Waals surface area contributed by atoms with Gasteiger partial charge in [-0.3, -0.25) is 19.1 Å². The number of anilines is 2. The summed E-state index contributed by atoms with van der Waals surface area (Å²) >= 11 is 0. The molecule has 3 aromatic rings. The number of nitrogen functional groups attached to an aromatic ring is 1. The second-order valence-electron chi connectivity index (χ2n) is 7.86. The monoisotopic (exact) mass is 410 g/mol. The first-order valence-electron chi connectivity index (χ1n) is 10.3. The molecule has 0 fully saturated rings. The van der Waals surface area contributed by atoms with E-state index in [1.54, 1.807) is 6.26 Å². The predicted molar refractivity (Wildman–Crippen MR) is 116 cm³/mol. The number of fused-ring (bicyclic) bond motifs is 2. The molecule has 158 valence electrons. The molecular weight excluding hydrogens is 384 g/mol. The van der Waals surface area contributed by atoms with Crippen molar-refractivity contribution in [3.63, 3.8) is 0 Å². The van der Waals surface area contributed by atoms with Crippen LogP contribution in [0.15, 0.2) is 32.4 Å². The Morgan fingerprint density at radius 3 is 2.73 bits per heavy atom. The summed E-state index contributed by atoms with van der Waals surface area (Å²) in [5.41, 5.74) is 9.02. The number of unbranched alkanes of at least 4 members (excludes halogenated alkanes) is 1. The van der Waals surface area contributed by atoms with Crippen molar-refractivity contribution in [2.75, 3.05) is 17.7 Å². The number of amides is 1. The third kappa shape index (κ3) is 3.42. The number of carbonyl (C=O) groups is 1. The van der Waals surface area contributed by atoms with Crippen molar-refractivity contribution in [3.05, 3.63) is 55.9 Å². The number of hydrogen-bond acceptors (Lipinski definition) is 5. The van der Waals surface area contributed by atoms with Crippen LogP contribution in [0, 0.1) is 0 Å². The molecular formula is C22H26N4O4. The number of nitrogens with zero attached hydrogens (tertiary/aromatic N) is 2. The number of carbonyl (C=O) groups excluding carboxylic acids is 1. The van der Waals surface area contributed by atoms with Gasteiger partial charge in [0.15, 0.2) is 5.69 Å². The topological polar surface area (TPSA) is 114 Å². The molecule has 0 saturated carbocycles. The lowest BCUT2D eigenvalue weighted by atomic mass is 10.0. The van der Waals surface area contributed by atoms with Gasteiger partial charge < -0.3 is 15.1 Å². The van der Waals surface area contributed by atoms with E-state index in [0.717, 1.165) is 48.6 Å². The van der Waals surface area contributed by atoms with E-state index in [2.05, 4.69) is 17.1 Å². The number of H-pyrrole nitrogens is 1. The largest absolute Gasteiger partial charge is 0.464 e. The number of furan rings is 1. The van der Waals surface area contributed by atoms with E-state index in [9.17, 15) is 14.4 Å². The standard InChI is InChI=1S/C22H26N4O4/c1-3-4-8-26-20(23)19(21(28)24-22(26)29)25(2)18(27)11-15-12-30-17-10-14-7-5-6-13(14)9-16(15)17/h9-10,12H,3-8,11,23H2,1-2H3,(H,24,28,29). The van der Waals surface area contributed by atoms with Gasteiger partial charge in [0.1, 0.15) is 11.4 Å². The van der Waals surface area contributed by atoms with Crippen LogP contribution in [0.2, 0.25) is 0 Å². The van der Waals surface area contributed by atoms with E-state index in [1.165, 1.54) is 27.6 Å². The maximum atomic E-state index is 13.0. The molecule has 0 atom stereocenters. The van der Waals surface area contributed by atoms with Gasteiger partial charge in [-0.25, -0.2) is 4.79 Å². The Labute approximate surface area is 173 Å². The van der Waals surface area contributed by atoms with Crippen molar-refractivity contribution >= 4 is 28.4 Å². The maximum Gasteiger partial charge on any atom is 0.330 e. The van der Waals surface area contributed by atoms with Crippen LogP contribution in [0.25, 0.3) is 11.0 Å². The molecule has 8 heteroatoms. The van der Waals surface area contributed by atoms with E-state index in [-0.39, 0.29) is 23.8 Å². The molecule has 2 aromatic heterocycles. The van der Waals surface area contributed by atoms with Crippen molar-refractivity contribution < 1.29 is 9.21 Å². The van der Waals surface area contributed by atoms with E-state index >= 15 is 0 Å². The number of aromatic amines is 1. The first-order valence-corrected chi connectivity index (χ1v) is 10.3. The summed E-state index contributed by atoms with van der Waals surface area (Å²) in [4.78, 5) is 41.0. The number of aryl methyl sites for hydroxylation is 2. The average Bonchev–Trinajstić information content (AvgIpc) is 3.32. The molecule has 0 bridgehead atoms. The first kappa shape index (κ1) is 20.0. The van der Waals surface area contributed by atoms with E-state index in [4.69, 9.17) is 10.2 Å². The number of nitrogens with two attached hydrogens (primary N) is 1. The normalized spacial score (nSPS) is 13.0. The van der Waals surface area contributed by atoms with Gasteiger partial charge in [-0.1, -0.05) is 13.3 Å². The van der Waals surface area contributed by atoms with Crippen LogP contribution in [0.4, 0.5) is 11.5 Å². The number of benzene rings is 1. The molecule has 0 radical (unpaired) electrons. The number of aromatic nitrogens is 2. The number of likely N-dealkylation sites (N-methyl/N-ethyl adjacent to an activating group) is 1. The minimum Gasteiger partial charge on any atom is -0.464 e. The third-order valence-corrected chi connectivity index (χ3v) is 5.87. The summed E-state index contributed by atoms with van der Waals surface area (Å²) in [6.45, 7) is 2.37. The summed E-state index contributed by atoms with van der Waals surface area (Å²) in [6, 6.07) is 4.16. The molecule has 2 heterocycles. The second-order valence-corrected chi connectivity index (χ2v) is 7.86. The van der Waals surface area contributed by atoms with Crippen LogP contribution in [0.5, 0.6) is 0 Å². The predicted octanol–water partition coefficient (Wildman–Crippen LogP) is 2.36. The summed E-state index contributed by atoms with van der Waals surface area (Å²) in [6.07, 6.45) is 6.49. The van der Waals surface area contributed by atoms with Crippen LogP contribution in [-0.4, -0.2) is 22.5 Å². The van der Waals surface area contributed by atoms with Gasteiger partial charge in [-0.2, -0.15) is 0 Å². The van der Waals surface area contributed by atoms with Crippen molar-refractivity contribution in [2.45, 2.75) is 52.0 Å². The van der Waals surface area contributed by atoms with Gasteiger partial charge >= 0.3 is 5.69 Å².